The Morgan fingerprint density at radius 1 is 1.28 bits per heavy atom. The van der Waals surface area contributed by atoms with Crippen molar-refractivity contribution < 1.29 is 9.53 Å². The number of hydrogen-bond acceptors (Lipinski definition) is 3. The Bertz CT molecular complexity index is 426. The van der Waals surface area contributed by atoms with E-state index >= 15 is 0 Å². The van der Waals surface area contributed by atoms with Crippen molar-refractivity contribution in [2.24, 2.45) is 0 Å². The number of carbonyl (C=O) groups is 1. The van der Waals surface area contributed by atoms with Crippen LogP contribution in [0.15, 0.2) is 18.2 Å². The molecule has 4 nitrogen and oxygen atoms in total. The Morgan fingerprint density at radius 3 is 2.67 bits per heavy atom. The molecule has 2 rings (SSSR count). The Balaban J connectivity index is 1.88. The average Bonchev–Trinajstić information content (AvgIpc) is 2.35. The van der Waals surface area contributed by atoms with E-state index < -0.39 is 0 Å². The van der Waals surface area contributed by atoms with E-state index in [0.29, 0.717) is 5.75 Å². The molecule has 1 aliphatic rings. The second-order valence-electron chi connectivity index (χ2n) is 4.80. The fourth-order valence-electron chi connectivity index (χ4n) is 2.05. The van der Waals surface area contributed by atoms with Gasteiger partial charge >= 0.3 is 6.09 Å². The molecule has 2 N–H and O–H groups in total. The topological polar surface area (TPSA) is 50.4 Å². The molecule has 1 aromatic rings. The molecule has 1 aromatic carbocycles. The van der Waals surface area contributed by atoms with Crippen molar-refractivity contribution in [3.8, 4) is 5.75 Å². The summed E-state index contributed by atoms with van der Waals surface area (Å²) in [5.41, 5.74) is 2.32. The largest absolute Gasteiger partial charge is 0.412 e. The lowest BCUT2D eigenvalue weighted by molar-refractivity contribution is 0.193. The van der Waals surface area contributed by atoms with Crippen molar-refractivity contribution in [2.45, 2.75) is 32.7 Å². The highest BCUT2D eigenvalue weighted by molar-refractivity contribution is 5.70. The standard InChI is InChI=1S/C14H20N2O2/c1-10-3-4-13(9-11(10)2)18-14(17)16-12-5-7-15-8-6-12/h3-4,9,12,15H,5-8H2,1-2H3,(H,16,17). The first kappa shape index (κ1) is 12.9. The molecule has 0 saturated carbocycles. The number of hydrogen-bond donors (Lipinski definition) is 2. The van der Waals surface area contributed by atoms with E-state index in [1.165, 1.54) is 5.56 Å². The molecular formula is C14H20N2O2. The van der Waals surface area contributed by atoms with Gasteiger partial charge < -0.3 is 15.4 Å². The lowest BCUT2D eigenvalue weighted by atomic mass is 10.1. The van der Waals surface area contributed by atoms with E-state index in [9.17, 15) is 4.79 Å². The number of benzene rings is 1. The van der Waals surface area contributed by atoms with Crippen molar-refractivity contribution in [1.29, 1.82) is 0 Å². The van der Waals surface area contributed by atoms with Crippen molar-refractivity contribution in [3.05, 3.63) is 29.3 Å². The maximum atomic E-state index is 11.7. The Hall–Kier alpha value is -1.55. The minimum absolute atomic E-state index is 0.227. The first-order chi connectivity index (χ1) is 8.65. The van der Waals surface area contributed by atoms with Gasteiger partial charge in [-0.15, -0.1) is 0 Å². The lowest BCUT2D eigenvalue weighted by Crippen LogP contribution is -2.43. The van der Waals surface area contributed by atoms with Crippen LogP contribution in [0.3, 0.4) is 0 Å². The van der Waals surface area contributed by atoms with Crippen LogP contribution in [0.1, 0.15) is 24.0 Å². The summed E-state index contributed by atoms with van der Waals surface area (Å²) in [6.07, 6.45) is 1.56. The molecule has 1 saturated heterocycles. The highest BCUT2D eigenvalue weighted by Gasteiger charge is 2.16. The summed E-state index contributed by atoms with van der Waals surface area (Å²) >= 11 is 0. The van der Waals surface area contributed by atoms with Crippen molar-refractivity contribution in [3.63, 3.8) is 0 Å². The van der Waals surface area contributed by atoms with E-state index in [1.807, 2.05) is 32.0 Å². The molecule has 1 heterocycles. The molecule has 0 spiro atoms. The van der Waals surface area contributed by atoms with Crippen molar-refractivity contribution in [2.75, 3.05) is 13.1 Å². The van der Waals surface area contributed by atoms with Gasteiger partial charge in [-0.05, 0) is 63.0 Å². The minimum atomic E-state index is -0.356. The summed E-state index contributed by atoms with van der Waals surface area (Å²) < 4.78 is 5.28. The van der Waals surface area contributed by atoms with Gasteiger partial charge in [-0.25, -0.2) is 4.79 Å². The van der Waals surface area contributed by atoms with Crippen molar-refractivity contribution in [1.82, 2.24) is 10.6 Å². The van der Waals surface area contributed by atoms with Gasteiger partial charge in [0.25, 0.3) is 0 Å². The Kier molecular flexibility index (Phi) is 4.20. The second kappa shape index (κ2) is 5.87. The summed E-state index contributed by atoms with van der Waals surface area (Å²) in [7, 11) is 0. The molecule has 18 heavy (non-hydrogen) atoms. The molecule has 1 aliphatic heterocycles. The average molecular weight is 248 g/mol. The Labute approximate surface area is 108 Å². The lowest BCUT2D eigenvalue weighted by Gasteiger charge is -2.23. The van der Waals surface area contributed by atoms with Crippen LogP contribution in [0, 0.1) is 13.8 Å². The molecule has 0 aromatic heterocycles. The van der Waals surface area contributed by atoms with Crippen LogP contribution in [0.5, 0.6) is 5.75 Å². The molecule has 0 aliphatic carbocycles. The van der Waals surface area contributed by atoms with Crippen LogP contribution in [-0.2, 0) is 0 Å². The second-order valence-corrected chi connectivity index (χ2v) is 4.80. The third kappa shape index (κ3) is 3.47. The zero-order chi connectivity index (χ0) is 13.0. The summed E-state index contributed by atoms with van der Waals surface area (Å²) in [5, 5.41) is 6.16. The third-order valence-electron chi connectivity index (χ3n) is 3.35. The van der Waals surface area contributed by atoms with Crippen LogP contribution in [0.25, 0.3) is 0 Å². The van der Waals surface area contributed by atoms with Gasteiger partial charge in [0.2, 0.25) is 0 Å². The smallest absolute Gasteiger partial charge is 0.410 e. The first-order valence-electron chi connectivity index (χ1n) is 6.41. The zero-order valence-corrected chi connectivity index (χ0v) is 11.0. The molecule has 0 radical (unpaired) electrons. The van der Waals surface area contributed by atoms with Gasteiger partial charge in [0.05, 0.1) is 0 Å². The predicted molar refractivity (Wildman–Crippen MR) is 71.0 cm³/mol. The minimum Gasteiger partial charge on any atom is -0.410 e. The van der Waals surface area contributed by atoms with E-state index in [2.05, 4.69) is 10.6 Å². The summed E-state index contributed by atoms with van der Waals surface area (Å²) in [6, 6.07) is 5.90. The van der Waals surface area contributed by atoms with Crippen LogP contribution >= 0.6 is 0 Å². The zero-order valence-electron chi connectivity index (χ0n) is 11.0. The molecule has 0 bridgehead atoms. The number of piperidine rings is 1. The van der Waals surface area contributed by atoms with Gasteiger partial charge in [-0.1, -0.05) is 6.07 Å². The van der Waals surface area contributed by atoms with Crippen LogP contribution in [0.4, 0.5) is 4.79 Å². The highest BCUT2D eigenvalue weighted by Crippen LogP contribution is 2.16. The van der Waals surface area contributed by atoms with Gasteiger partial charge in [-0.3, -0.25) is 0 Å². The summed E-state index contributed by atoms with van der Waals surface area (Å²) in [4.78, 5) is 11.7. The molecule has 0 unspecified atom stereocenters. The molecular weight excluding hydrogens is 228 g/mol. The number of nitrogens with one attached hydrogen (secondary N) is 2. The fraction of sp³-hybridized carbons (Fsp3) is 0.500. The maximum Gasteiger partial charge on any atom is 0.412 e. The number of aryl methyl sites for hydroxylation is 2. The van der Waals surface area contributed by atoms with Crippen LogP contribution in [-0.4, -0.2) is 25.2 Å². The fourth-order valence-corrected chi connectivity index (χ4v) is 2.05. The molecule has 1 amide bonds. The van der Waals surface area contributed by atoms with Gasteiger partial charge in [0.15, 0.2) is 0 Å². The Morgan fingerprint density at radius 2 is 2.00 bits per heavy atom. The van der Waals surface area contributed by atoms with E-state index in [1.54, 1.807) is 0 Å². The normalized spacial score (nSPS) is 16.3. The van der Waals surface area contributed by atoms with Gasteiger partial charge in [0, 0.05) is 6.04 Å². The maximum absolute atomic E-state index is 11.7. The highest BCUT2D eigenvalue weighted by atomic mass is 16.6. The number of amides is 1. The summed E-state index contributed by atoms with van der Waals surface area (Å²) in [6.45, 7) is 5.95. The first-order valence-corrected chi connectivity index (χ1v) is 6.41. The van der Waals surface area contributed by atoms with Crippen LogP contribution in [0.2, 0.25) is 0 Å². The van der Waals surface area contributed by atoms with Gasteiger partial charge in [-0.2, -0.15) is 0 Å². The van der Waals surface area contributed by atoms with Crippen molar-refractivity contribution >= 4 is 6.09 Å². The number of carbonyl (C=O) groups excluding carboxylic acids is 1. The molecule has 98 valence electrons. The molecule has 4 heteroatoms. The van der Waals surface area contributed by atoms with E-state index in [-0.39, 0.29) is 12.1 Å². The number of rotatable bonds is 2. The van der Waals surface area contributed by atoms with E-state index in [0.717, 1.165) is 31.5 Å². The quantitative estimate of drug-likeness (QED) is 0.843. The van der Waals surface area contributed by atoms with Gasteiger partial charge in [0.1, 0.15) is 5.75 Å². The molecule has 0 atom stereocenters. The SMILES string of the molecule is Cc1ccc(OC(=O)NC2CCNCC2)cc1C. The molecule has 1 fully saturated rings. The third-order valence-corrected chi connectivity index (χ3v) is 3.35. The van der Waals surface area contributed by atoms with Crippen LogP contribution < -0.4 is 15.4 Å². The summed E-state index contributed by atoms with van der Waals surface area (Å²) in [5.74, 6) is 0.601. The van der Waals surface area contributed by atoms with E-state index in [4.69, 9.17) is 4.74 Å². The monoisotopic (exact) mass is 248 g/mol. The predicted octanol–water partition coefficient (Wildman–Crippen LogP) is 2.14. The number of ether oxygens (including phenoxy) is 1.